The van der Waals surface area contributed by atoms with Crippen LogP contribution < -0.4 is 5.32 Å². The molecule has 5 heteroatoms. The number of carbonyl (C=O) groups is 1. The SMILES string of the molecule is C[C@H](CCC(=O)Nc1ccc2[nH]ccc2c1)[C@H]1CC[C@H]2[C@@H]3[C@@H](O)C[C@@H]4C[C@H](O)CC[C@]4(C)[C@H]3CC[C@]12C. The molecule has 0 spiro atoms. The van der Waals surface area contributed by atoms with Crippen LogP contribution in [0.2, 0.25) is 0 Å². The molecule has 4 aliphatic carbocycles. The summed E-state index contributed by atoms with van der Waals surface area (Å²) >= 11 is 0. The average molecular weight is 507 g/mol. The summed E-state index contributed by atoms with van der Waals surface area (Å²) in [5, 5.41) is 26.0. The lowest BCUT2D eigenvalue weighted by atomic mass is 9.43. The van der Waals surface area contributed by atoms with Crippen molar-refractivity contribution in [2.24, 2.45) is 46.3 Å². The molecule has 4 aliphatic rings. The number of aliphatic hydroxyl groups excluding tert-OH is 2. The largest absolute Gasteiger partial charge is 0.393 e. The molecule has 1 amide bonds. The summed E-state index contributed by atoms with van der Waals surface area (Å²) in [5.74, 6) is 3.26. The third-order valence-corrected chi connectivity index (χ3v) is 12.1. The molecule has 37 heavy (non-hydrogen) atoms. The van der Waals surface area contributed by atoms with Gasteiger partial charge in [0, 0.05) is 29.2 Å². The molecule has 6 rings (SSSR count). The Morgan fingerprint density at radius 3 is 2.68 bits per heavy atom. The molecule has 0 unspecified atom stereocenters. The number of anilines is 1. The van der Waals surface area contributed by atoms with E-state index in [1.807, 2.05) is 30.5 Å². The van der Waals surface area contributed by atoms with Gasteiger partial charge in [-0.25, -0.2) is 0 Å². The maximum absolute atomic E-state index is 12.8. The van der Waals surface area contributed by atoms with E-state index in [1.54, 1.807) is 0 Å². The molecular weight excluding hydrogens is 460 g/mol. The van der Waals surface area contributed by atoms with Crippen molar-refractivity contribution in [2.45, 2.75) is 97.2 Å². The lowest BCUT2D eigenvalue weighted by molar-refractivity contribution is -0.174. The number of aliphatic hydroxyl groups is 2. The number of nitrogens with one attached hydrogen (secondary N) is 2. The number of carbonyl (C=O) groups excluding carboxylic acids is 1. The Kier molecular flexibility index (Phi) is 6.47. The van der Waals surface area contributed by atoms with Gasteiger partial charge >= 0.3 is 0 Å². The van der Waals surface area contributed by atoms with Crippen LogP contribution in [-0.4, -0.2) is 33.3 Å². The minimum atomic E-state index is -0.227. The summed E-state index contributed by atoms with van der Waals surface area (Å²) in [6.45, 7) is 7.36. The van der Waals surface area contributed by atoms with Crippen LogP contribution in [0.3, 0.4) is 0 Å². The molecule has 4 saturated carbocycles. The van der Waals surface area contributed by atoms with E-state index in [1.165, 1.54) is 25.7 Å². The fraction of sp³-hybridized carbons (Fsp3) is 0.719. The zero-order valence-corrected chi connectivity index (χ0v) is 22.9. The molecule has 0 radical (unpaired) electrons. The fourth-order valence-corrected chi connectivity index (χ4v) is 10.1. The second-order valence-corrected chi connectivity index (χ2v) is 13.8. The van der Waals surface area contributed by atoms with Gasteiger partial charge in [0.15, 0.2) is 0 Å². The molecule has 0 aliphatic heterocycles. The molecular formula is C32H46N2O3. The standard InChI is InChI=1S/C32H46N2O3/c1-19(4-9-29(37)34-22-5-8-27-20(16-22)12-15-33-27)24-6-7-25-30-26(11-14-32(24,25)3)31(2)13-10-23(35)17-21(31)18-28(30)36/h5,8,12,15-16,19,21,23-26,28,30,33,35-36H,4,6-7,9-11,13-14,17-18H2,1-3H3,(H,34,37)/t19-,21+,23-,24-,25+,26+,28+,30+,31+,32-/m1/s1. The number of H-pyrrole nitrogens is 1. The van der Waals surface area contributed by atoms with Gasteiger partial charge in [0.05, 0.1) is 12.2 Å². The Labute approximate surface area is 221 Å². The van der Waals surface area contributed by atoms with Gasteiger partial charge in [-0.3, -0.25) is 4.79 Å². The van der Waals surface area contributed by atoms with Crippen LogP contribution in [0.25, 0.3) is 10.9 Å². The average Bonchev–Trinajstić information content (AvgIpc) is 3.47. The predicted octanol–water partition coefficient (Wildman–Crippen LogP) is 6.51. The second kappa shape index (κ2) is 9.41. The molecule has 1 heterocycles. The summed E-state index contributed by atoms with van der Waals surface area (Å²) in [7, 11) is 0. The minimum absolute atomic E-state index is 0.103. The van der Waals surface area contributed by atoms with E-state index in [0.29, 0.717) is 41.9 Å². The molecule has 4 N–H and O–H groups in total. The van der Waals surface area contributed by atoms with Crippen molar-refractivity contribution < 1.29 is 15.0 Å². The highest BCUT2D eigenvalue weighted by Crippen LogP contribution is 2.68. The number of benzene rings is 1. The first-order valence-electron chi connectivity index (χ1n) is 14.9. The van der Waals surface area contributed by atoms with Crippen molar-refractivity contribution in [3.05, 3.63) is 30.5 Å². The Hall–Kier alpha value is -1.85. The van der Waals surface area contributed by atoms with Crippen molar-refractivity contribution in [1.82, 2.24) is 4.98 Å². The highest BCUT2D eigenvalue weighted by Gasteiger charge is 2.62. The first-order chi connectivity index (χ1) is 17.7. The van der Waals surface area contributed by atoms with Gasteiger partial charge in [-0.05, 0) is 128 Å². The van der Waals surface area contributed by atoms with E-state index in [9.17, 15) is 15.0 Å². The molecule has 4 fully saturated rings. The number of hydrogen-bond donors (Lipinski definition) is 4. The third kappa shape index (κ3) is 4.25. The first-order valence-corrected chi connectivity index (χ1v) is 14.9. The number of fused-ring (bicyclic) bond motifs is 6. The van der Waals surface area contributed by atoms with E-state index in [4.69, 9.17) is 0 Å². The van der Waals surface area contributed by atoms with Crippen molar-refractivity contribution in [3.63, 3.8) is 0 Å². The number of aromatic amines is 1. The van der Waals surface area contributed by atoms with Crippen LogP contribution in [0, 0.1) is 46.3 Å². The van der Waals surface area contributed by atoms with Gasteiger partial charge in [0.1, 0.15) is 0 Å². The van der Waals surface area contributed by atoms with Gasteiger partial charge in [-0.2, -0.15) is 0 Å². The van der Waals surface area contributed by atoms with Gasteiger partial charge < -0.3 is 20.5 Å². The first kappa shape index (κ1) is 25.4. The molecule has 2 aromatic rings. The van der Waals surface area contributed by atoms with Gasteiger partial charge in [0.25, 0.3) is 0 Å². The Balaban J connectivity index is 1.10. The Morgan fingerprint density at radius 1 is 1.05 bits per heavy atom. The molecule has 5 nitrogen and oxygen atoms in total. The van der Waals surface area contributed by atoms with Crippen molar-refractivity contribution in [2.75, 3.05) is 5.32 Å². The van der Waals surface area contributed by atoms with E-state index in [-0.39, 0.29) is 28.9 Å². The van der Waals surface area contributed by atoms with Crippen molar-refractivity contribution in [3.8, 4) is 0 Å². The van der Waals surface area contributed by atoms with Gasteiger partial charge in [-0.1, -0.05) is 20.8 Å². The lowest BCUT2D eigenvalue weighted by Crippen LogP contribution is -2.58. The molecule has 10 atom stereocenters. The molecule has 1 aromatic heterocycles. The molecule has 0 bridgehead atoms. The Morgan fingerprint density at radius 2 is 1.84 bits per heavy atom. The minimum Gasteiger partial charge on any atom is -0.393 e. The van der Waals surface area contributed by atoms with Crippen LogP contribution in [-0.2, 0) is 4.79 Å². The number of hydrogen-bond acceptors (Lipinski definition) is 3. The summed E-state index contributed by atoms with van der Waals surface area (Å²) < 4.78 is 0. The fourth-order valence-electron chi connectivity index (χ4n) is 10.1. The zero-order valence-electron chi connectivity index (χ0n) is 22.9. The van der Waals surface area contributed by atoms with Gasteiger partial charge in [-0.15, -0.1) is 0 Å². The number of aromatic nitrogens is 1. The lowest BCUT2D eigenvalue weighted by Gasteiger charge is -2.62. The van der Waals surface area contributed by atoms with E-state index in [2.05, 4.69) is 31.1 Å². The smallest absolute Gasteiger partial charge is 0.224 e. The molecule has 202 valence electrons. The van der Waals surface area contributed by atoms with Crippen LogP contribution in [0.5, 0.6) is 0 Å². The normalized spacial score (nSPS) is 42.0. The van der Waals surface area contributed by atoms with Crippen molar-refractivity contribution >= 4 is 22.5 Å². The molecule has 1 aromatic carbocycles. The molecule has 0 saturated heterocycles. The van der Waals surface area contributed by atoms with Crippen molar-refractivity contribution in [1.29, 1.82) is 0 Å². The maximum atomic E-state index is 12.8. The number of amides is 1. The highest BCUT2D eigenvalue weighted by atomic mass is 16.3. The van der Waals surface area contributed by atoms with Gasteiger partial charge in [0.2, 0.25) is 5.91 Å². The van der Waals surface area contributed by atoms with Crippen LogP contribution in [0.1, 0.15) is 85.0 Å². The maximum Gasteiger partial charge on any atom is 0.224 e. The van der Waals surface area contributed by atoms with E-state index >= 15 is 0 Å². The summed E-state index contributed by atoms with van der Waals surface area (Å²) in [4.78, 5) is 16.0. The zero-order chi connectivity index (χ0) is 25.9. The van der Waals surface area contributed by atoms with E-state index in [0.717, 1.165) is 48.7 Å². The predicted molar refractivity (Wildman–Crippen MR) is 148 cm³/mol. The number of rotatable bonds is 5. The van der Waals surface area contributed by atoms with E-state index < -0.39 is 0 Å². The van der Waals surface area contributed by atoms with Crippen LogP contribution in [0.15, 0.2) is 30.5 Å². The summed E-state index contributed by atoms with van der Waals surface area (Å²) in [5.41, 5.74) is 2.48. The second-order valence-electron chi connectivity index (χ2n) is 13.8. The topological polar surface area (TPSA) is 85.4 Å². The van der Waals surface area contributed by atoms with Crippen LogP contribution >= 0.6 is 0 Å². The third-order valence-electron chi connectivity index (χ3n) is 12.1. The summed E-state index contributed by atoms with van der Waals surface area (Å²) in [6, 6.07) is 8.04. The van der Waals surface area contributed by atoms with Crippen LogP contribution in [0.4, 0.5) is 5.69 Å². The highest BCUT2D eigenvalue weighted by molar-refractivity contribution is 5.93. The Bertz CT molecular complexity index is 1140. The monoisotopic (exact) mass is 506 g/mol. The summed E-state index contributed by atoms with van der Waals surface area (Å²) in [6.07, 6.45) is 11.7. The quantitative estimate of drug-likeness (QED) is 0.373.